The van der Waals surface area contributed by atoms with Gasteiger partial charge in [-0.05, 0) is 52.9 Å². The average Bonchev–Trinajstić information content (AvgIpc) is 3.06. The number of carbonyl (C=O) groups excluding carboxylic acids is 2. The van der Waals surface area contributed by atoms with Crippen LogP contribution in [0.4, 0.5) is 13.2 Å². The number of carbonyl (C=O) groups is 2. The largest absolute Gasteiger partial charge is 0.542 e. The van der Waals surface area contributed by atoms with E-state index < -0.39 is 40.1 Å². The summed E-state index contributed by atoms with van der Waals surface area (Å²) in [5, 5.41) is 14.6. The quantitative estimate of drug-likeness (QED) is 0.126. The number of carboxylic acid groups (broad SMARTS) is 1. The van der Waals surface area contributed by atoms with Crippen molar-refractivity contribution in [2.24, 2.45) is 11.7 Å². The molecular weight excluding hydrogens is 635 g/mol. The summed E-state index contributed by atoms with van der Waals surface area (Å²) in [6.45, 7) is 0. The minimum atomic E-state index is -5.19. The van der Waals surface area contributed by atoms with Gasteiger partial charge in [-0.1, -0.05) is 97.1 Å². The molecule has 246 valence electrons. The van der Waals surface area contributed by atoms with E-state index in [1.165, 1.54) is 7.11 Å². The highest BCUT2D eigenvalue weighted by Gasteiger charge is 2.32. The zero-order chi connectivity index (χ0) is 34.6. The number of hydrogen-bond acceptors (Lipinski definition) is 6. The van der Waals surface area contributed by atoms with E-state index in [0.717, 1.165) is 22.3 Å². The first-order valence-electron chi connectivity index (χ1n) is 14.0. The maximum Gasteiger partial charge on any atom is 0.430 e. The molecule has 0 aliphatic carbocycles. The van der Waals surface area contributed by atoms with E-state index in [1.807, 2.05) is 66.7 Å². The SMILES string of the molecule is COC(=O)[C@H](Cc1cccc(C(N)=[NH2+])c1)[C@@H](/C=C/c1ccccc1)NS(=O)(=O)c1ccc(-c2ccccc2)cc1.O=C([O-])C(F)(F)F. The molecule has 5 N–H and O–H groups in total. The predicted octanol–water partition coefficient (Wildman–Crippen LogP) is 2.51. The molecule has 0 saturated heterocycles. The van der Waals surface area contributed by atoms with Crippen molar-refractivity contribution in [3.63, 3.8) is 0 Å². The maximum atomic E-state index is 13.6. The zero-order valence-electron chi connectivity index (χ0n) is 25.1. The molecule has 9 nitrogen and oxygen atoms in total. The fraction of sp³-hybridized carbons (Fsp3) is 0.147. The number of amidine groups is 1. The van der Waals surface area contributed by atoms with E-state index in [2.05, 4.69) is 4.72 Å². The van der Waals surface area contributed by atoms with Crippen LogP contribution in [-0.4, -0.2) is 45.5 Å². The number of ether oxygens (including phenoxy) is 1. The molecule has 0 amide bonds. The molecule has 0 radical (unpaired) electrons. The Labute approximate surface area is 270 Å². The number of esters is 1. The number of nitrogens with two attached hydrogens (primary N) is 2. The molecule has 4 rings (SSSR count). The van der Waals surface area contributed by atoms with Gasteiger partial charge in [0.15, 0.2) is 0 Å². The molecule has 0 unspecified atom stereocenters. The van der Waals surface area contributed by atoms with E-state index >= 15 is 0 Å². The number of hydrogen-bond donors (Lipinski definition) is 3. The lowest BCUT2D eigenvalue weighted by Crippen LogP contribution is -2.46. The van der Waals surface area contributed by atoms with Gasteiger partial charge in [0, 0.05) is 0 Å². The Morgan fingerprint density at radius 1 is 0.915 bits per heavy atom. The fourth-order valence-corrected chi connectivity index (χ4v) is 5.61. The molecule has 0 heterocycles. The lowest BCUT2D eigenvalue weighted by molar-refractivity contribution is -0.344. The summed E-state index contributed by atoms with van der Waals surface area (Å²) >= 11 is 0. The van der Waals surface area contributed by atoms with Crippen molar-refractivity contribution < 1.29 is 46.4 Å². The molecule has 13 heteroatoms. The smallest absolute Gasteiger partial charge is 0.430 e. The molecule has 4 aromatic carbocycles. The number of nitrogens with one attached hydrogen (secondary N) is 1. The van der Waals surface area contributed by atoms with E-state index in [1.54, 1.807) is 54.6 Å². The lowest BCUT2D eigenvalue weighted by atomic mass is 9.91. The minimum Gasteiger partial charge on any atom is -0.542 e. The standard InChI is InChI=1S/C32H31N3O4S.C2HF3O2/c1-39-32(36)29(22-24-11-8-14-27(21-24)31(33)34)30(20-15-23-9-4-2-5-10-23)35-40(37,38)28-18-16-26(17-19-28)25-12-6-3-7-13-25;3-2(4,5)1(6)7/h2-21,29-30,35H,22H2,1H3,(H3,33,34);(H,6,7)/b20-15+;/t29-,30-;/m1./s1. The van der Waals surface area contributed by atoms with Crippen molar-refractivity contribution in [3.8, 4) is 11.1 Å². The van der Waals surface area contributed by atoms with Gasteiger partial charge >= 0.3 is 12.1 Å². The molecule has 0 aromatic heterocycles. The van der Waals surface area contributed by atoms with Crippen LogP contribution in [0.2, 0.25) is 0 Å². The third kappa shape index (κ3) is 10.9. The topological polar surface area (TPSA) is 164 Å². The first-order chi connectivity index (χ1) is 22.2. The van der Waals surface area contributed by atoms with Crippen LogP contribution < -0.4 is 21.0 Å². The van der Waals surface area contributed by atoms with Crippen molar-refractivity contribution >= 4 is 33.9 Å². The molecular formula is C34H32F3N3O6S. The molecule has 0 fully saturated rings. The van der Waals surface area contributed by atoms with Gasteiger partial charge in [0.25, 0.3) is 5.84 Å². The molecule has 47 heavy (non-hydrogen) atoms. The van der Waals surface area contributed by atoms with Gasteiger partial charge in [0.1, 0.15) is 5.97 Å². The molecule has 0 aliphatic heterocycles. The summed E-state index contributed by atoms with van der Waals surface area (Å²) in [6.07, 6.45) is -1.54. The number of aliphatic carboxylic acids is 1. The summed E-state index contributed by atoms with van der Waals surface area (Å²) in [5.74, 6) is -4.29. The first kappa shape index (κ1) is 36.2. The monoisotopic (exact) mass is 667 g/mol. The number of sulfonamides is 1. The molecule has 2 atom stereocenters. The highest BCUT2D eigenvalue weighted by Crippen LogP contribution is 2.23. The predicted molar refractivity (Wildman–Crippen MR) is 168 cm³/mol. The van der Waals surface area contributed by atoms with Crippen LogP contribution in [0.15, 0.2) is 120 Å². The number of rotatable bonds is 11. The highest BCUT2D eigenvalue weighted by atomic mass is 32.2. The summed E-state index contributed by atoms with van der Waals surface area (Å²) in [7, 11) is -2.73. The van der Waals surface area contributed by atoms with Crippen molar-refractivity contribution in [2.45, 2.75) is 23.5 Å². The highest BCUT2D eigenvalue weighted by molar-refractivity contribution is 7.89. The number of carboxylic acids is 1. The fourth-order valence-electron chi connectivity index (χ4n) is 4.38. The van der Waals surface area contributed by atoms with Gasteiger partial charge in [0.05, 0.1) is 29.5 Å². The number of halogens is 3. The summed E-state index contributed by atoms with van der Waals surface area (Å²) in [4.78, 5) is 21.9. The van der Waals surface area contributed by atoms with Crippen molar-refractivity contribution in [2.75, 3.05) is 7.11 Å². The van der Waals surface area contributed by atoms with Crippen molar-refractivity contribution in [1.29, 1.82) is 0 Å². The van der Waals surface area contributed by atoms with Gasteiger partial charge in [-0.25, -0.2) is 13.1 Å². The van der Waals surface area contributed by atoms with E-state index in [9.17, 15) is 26.4 Å². The van der Waals surface area contributed by atoms with Crippen LogP contribution in [-0.2, 0) is 30.8 Å². The molecule has 0 bridgehead atoms. The second kappa shape index (κ2) is 16.3. The van der Waals surface area contributed by atoms with E-state index in [4.69, 9.17) is 25.8 Å². The van der Waals surface area contributed by atoms with Crippen LogP contribution in [0.5, 0.6) is 0 Å². The van der Waals surface area contributed by atoms with Gasteiger partial charge in [-0.2, -0.15) is 13.2 Å². The Hall–Kier alpha value is -5.27. The second-order valence-electron chi connectivity index (χ2n) is 10.1. The minimum absolute atomic E-state index is 0.0846. The van der Waals surface area contributed by atoms with Crippen LogP contribution in [0.1, 0.15) is 16.7 Å². The third-order valence-corrected chi connectivity index (χ3v) is 8.22. The number of benzene rings is 4. The Morgan fingerprint density at radius 3 is 2.00 bits per heavy atom. The lowest BCUT2D eigenvalue weighted by Gasteiger charge is -2.24. The maximum absolute atomic E-state index is 13.6. The first-order valence-corrected chi connectivity index (χ1v) is 15.4. The summed E-state index contributed by atoms with van der Waals surface area (Å²) in [5.41, 5.74) is 9.87. The Morgan fingerprint density at radius 2 is 1.47 bits per heavy atom. The second-order valence-corrected chi connectivity index (χ2v) is 11.8. The van der Waals surface area contributed by atoms with Crippen molar-refractivity contribution in [3.05, 3.63) is 132 Å². The third-order valence-electron chi connectivity index (χ3n) is 6.74. The van der Waals surface area contributed by atoms with Gasteiger partial charge in [-0.3, -0.25) is 15.9 Å². The molecule has 0 spiro atoms. The Bertz CT molecular complexity index is 1800. The van der Waals surface area contributed by atoms with Crippen LogP contribution in [0.3, 0.4) is 0 Å². The van der Waals surface area contributed by atoms with E-state index in [-0.39, 0.29) is 17.2 Å². The van der Waals surface area contributed by atoms with Crippen LogP contribution >= 0.6 is 0 Å². The number of methoxy groups -OCH3 is 1. The molecule has 0 aliphatic rings. The zero-order valence-corrected chi connectivity index (χ0v) is 25.9. The van der Waals surface area contributed by atoms with Crippen LogP contribution in [0, 0.1) is 5.92 Å². The Balaban J connectivity index is 0.000000771. The van der Waals surface area contributed by atoms with Gasteiger partial charge in [0.2, 0.25) is 10.0 Å². The van der Waals surface area contributed by atoms with Gasteiger partial charge < -0.3 is 14.6 Å². The van der Waals surface area contributed by atoms with Gasteiger partial charge in [-0.15, -0.1) is 0 Å². The Kier molecular flexibility index (Phi) is 12.6. The summed E-state index contributed by atoms with van der Waals surface area (Å²) in [6, 6.07) is 32.0. The molecule has 0 saturated carbocycles. The summed E-state index contributed by atoms with van der Waals surface area (Å²) < 4.78 is 66.6. The normalized spacial score (nSPS) is 12.8. The van der Waals surface area contributed by atoms with Crippen molar-refractivity contribution in [1.82, 2.24) is 4.72 Å². The van der Waals surface area contributed by atoms with Crippen LogP contribution in [0.25, 0.3) is 17.2 Å². The average molecular weight is 668 g/mol. The number of alkyl halides is 3. The molecule has 4 aromatic rings. The van der Waals surface area contributed by atoms with E-state index in [0.29, 0.717) is 5.56 Å².